The predicted molar refractivity (Wildman–Crippen MR) is 150 cm³/mol. The topological polar surface area (TPSA) is 94.1 Å². The lowest BCUT2D eigenvalue weighted by Gasteiger charge is -2.38. The fraction of sp³-hybridized carbons (Fsp3) is 0.556. The average Bonchev–Trinajstić information content (AvgIpc) is 3.23. The van der Waals surface area contributed by atoms with E-state index in [0.717, 1.165) is 62.6 Å². The zero-order valence-electron chi connectivity index (χ0n) is 23.2. The fourth-order valence-electron chi connectivity index (χ4n) is 4.85. The van der Waals surface area contributed by atoms with Crippen LogP contribution in [0, 0.1) is 0 Å². The third-order valence-electron chi connectivity index (χ3n) is 7.47. The maximum Gasteiger partial charge on any atom is 0.242 e. The lowest BCUT2D eigenvalue weighted by atomic mass is 10.1. The molecule has 10 nitrogen and oxygen atoms in total. The van der Waals surface area contributed by atoms with Gasteiger partial charge in [0.05, 0.1) is 22.5 Å². The van der Waals surface area contributed by atoms with E-state index in [1.807, 2.05) is 13.1 Å². The van der Waals surface area contributed by atoms with Gasteiger partial charge in [-0.3, -0.25) is 0 Å². The molecule has 1 N–H and O–H groups in total. The largest absolute Gasteiger partial charge is 0.381 e. The number of nitrogens with one attached hydrogen (secondary N) is 1. The molecule has 1 aromatic heterocycles. The third kappa shape index (κ3) is 6.45. The molecule has 1 atom stereocenters. The Morgan fingerprint density at radius 2 is 1.82 bits per heavy atom. The molecule has 0 radical (unpaired) electrons. The maximum absolute atomic E-state index is 13.0. The smallest absolute Gasteiger partial charge is 0.242 e. The molecule has 0 bridgehead atoms. The maximum atomic E-state index is 13.0. The van der Waals surface area contributed by atoms with E-state index in [-0.39, 0.29) is 11.1 Å². The lowest BCUT2D eigenvalue weighted by Crippen LogP contribution is -2.44. The number of hydrogen-bond donors (Lipinski definition) is 1. The Morgan fingerprint density at radius 3 is 2.50 bits per heavy atom. The van der Waals surface area contributed by atoms with Crippen molar-refractivity contribution in [2.24, 2.45) is 0 Å². The number of benzene rings is 1. The van der Waals surface area contributed by atoms with Gasteiger partial charge in [-0.1, -0.05) is 6.92 Å². The summed E-state index contributed by atoms with van der Waals surface area (Å²) in [6, 6.07) is 9.08. The van der Waals surface area contributed by atoms with Crippen molar-refractivity contribution >= 4 is 27.4 Å². The van der Waals surface area contributed by atoms with Gasteiger partial charge >= 0.3 is 0 Å². The number of anilines is 2. The normalized spacial score (nSPS) is 18.9. The zero-order valence-corrected chi connectivity index (χ0v) is 24.0. The quantitative estimate of drug-likeness (QED) is 0.458. The van der Waals surface area contributed by atoms with E-state index in [2.05, 4.69) is 52.1 Å². The molecular weight excluding hydrogens is 502 g/mol. The molecule has 11 heteroatoms. The molecular formula is C27H41N7O3S. The van der Waals surface area contributed by atoms with Crippen LogP contribution < -0.4 is 5.32 Å². The van der Waals surface area contributed by atoms with Crippen molar-refractivity contribution in [1.29, 1.82) is 0 Å². The highest BCUT2D eigenvalue weighted by molar-refractivity contribution is 7.89. The molecule has 0 saturated carbocycles. The third-order valence-corrected chi connectivity index (χ3v) is 9.34. The van der Waals surface area contributed by atoms with Crippen LogP contribution in [0.5, 0.6) is 0 Å². The Labute approximate surface area is 227 Å². The van der Waals surface area contributed by atoms with Gasteiger partial charge in [0.25, 0.3) is 0 Å². The van der Waals surface area contributed by atoms with Crippen molar-refractivity contribution in [3.05, 3.63) is 48.4 Å². The van der Waals surface area contributed by atoms with Crippen molar-refractivity contribution in [2.75, 3.05) is 59.3 Å². The minimum atomic E-state index is -3.55. The second-order valence-corrected chi connectivity index (χ2v) is 12.1. The van der Waals surface area contributed by atoms with Crippen LogP contribution in [0.25, 0.3) is 5.70 Å². The van der Waals surface area contributed by atoms with Gasteiger partial charge < -0.3 is 24.8 Å². The summed E-state index contributed by atoms with van der Waals surface area (Å²) in [6.45, 7) is 8.12. The average molecular weight is 544 g/mol. The number of sulfonamides is 1. The van der Waals surface area contributed by atoms with Crippen LogP contribution in [0.2, 0.25) is 0 Å². The molecule has 0 spiro atoms. The Bertz CT molecular complexity index is 1200. The molecule has 0 aliphatic carbocycles. The van der Waals surface area contributed by atoms with Gasteiger partial charge in [0.1, 0.15) is 0 Å². The van der Waals surface area contributed by atoms with E-state index < -0.39 is 10.0 Å². The first kappa shape index (κ1) is 28.3. The molecule has 1 fully saturated rings. The second-order valence-electron chi connectivity index (χ2n) is 10.1. The second kappa shape index (κ2) is 12.4. The Hall–Kier alpha value is -2.73. The van der Waals surface area contributed by atoms with Gasteiger partial charge in [0.15, 0.2) is 0 Å². The fourth-order valence-corrected chi connectivity index (χ4v) is 6.06. The first-order valence-electron chi connectivity index (χ1n) is 13.4. The summed E-state index contributed by atoms with van der Waals surface area (Å²) in [5, 5.41) is 3.23. The number of hydrogen-bond acceptors (Lipinski definition) is 9. The standard InChI is InChI=1S/C27H41N7O3S/c1-6-31(3)16-7-17-33(5)38(35,36)24-10-8-22(9-11-24)29-27-28-15-12-25(30-27)26-20-32(4)21(2)34(26)23-13-18-37-19-14-23/h8-12,15,20-21,23H,6-7,13-14,16-19H2,1-5H3,(H,28,29,30). The molecule has 2 aliphatic rings. The minimum Gasteiger partial charge on any atom is -0.381 e. The van der Waals surface area contributed by atoms with Gasteiger partial charge in [0.2, 0.25) is 16.0 Å². The van der Waals surface area contributed by atoms with Gasteiger partial charge in [-0.2, -0.15) is 0 Å². The summed E-state index contributed by atoms with van der Waals surface area (Å²) < 4.78 is 33.0. The summed E-state index contributed by atoms with van der Waals surface area (Å²) >= 11 is 0. The lowest BCUT2D eigenvalue weighted by molar-refractivity contribution is 0.0324. The van der Waals surface area contributed by atoms with Crippen molar-refractivity contribution in [3.63, 3.8) is 0 Å². The Morgan fingerprint density at radius 1 is 1.11 bits per heavy atom. The van der Waals surface area contributed by atoms with Crippen LogP contribution in [0.1, 0.15) is 38.8 Å². The van der Waals surface area contributed by atoms with E-state index in [0.29, 0.717) is 18.5 Å². The summed E-state index contributed by atoms with van der Waals surface area (Å²) in [7, 11) is 2.20. The van der Waals surface area contributed by atoms with Crippen LogP contribution in [-0.2, 0) is 14.8 Å². The highest BCUT2D eigenvalue weighted by Crippen LogP contribution is 2.34. The number of ether oxygens (including phenoxy) is 1. The van der Waals surface area contributed by atoms with E-state index in [9.17, 15) is 8.42 Å². The first-order valence-corrected chi connectivity index (χ1v) is 14.8. The van der Waals surface area contributed by atoms with Crippen molar-refractivity contribution in [3.8, 4) is 0 Å². The first-order chi connectivity index (χ1) is 18.2. The molecule has 1 unspecified atom stereocenters. The Kier molecular flexibility index (Phi) is 9.24. The number of aromatic nitrogens is 2. The molecule has 0 amide bonds. The van der Waals surface area contributed by atoms with E-state index >= 15 is 0 Å². The van der Waals surface area contributed by atoms with Gasteiger partial charge in [0, 0.05) is 58.0 Å². The zero-order chi connectivity index (χ0) is 27.3. The highest BCUT2D eigenvalue weighted by atomic mass is 32.2. The van der Waals surface area contributed by atoms with Gasteiger partial charge in [-0.15, -0.1) is 0 Å². The summed E-state index contributed by atoms with van der Waals surface area (Å²) in [5.41, 5.74) is 2.65. The molecule has 1 saturated heterocycles. The van der Waals surface area contributed by atoms with E-state index in [1.54, 1.807) is 37.5 Å². The van der Waals surface area contributed by atoms with Crippen molar-refractivity contribution in [2.45, 2.75) is 50.2 Å². The Balaban J connectivity index is 1.44. The molecule has 208 valence electrons. The predicted octanol–water partition coefficient (Wildman–Crippen LogP) is 3.25. The molecule has 2 aliphatic heterocycles. The van der Waals surface area contributed by atoms with Gasteiger partial charge in [-0.05, 0) is 76.7 Å². The molecule has 1 aromatic carbocycles. The van der Waals surface area contributed by atoms with Crippen molar-refractivity contribution < 1.29 is 13.2 Å². The van der Waals surface area contributed by atoms with Gasteiger partial charge in [-0.25, -0.2) is 22.7 Å². The summed E-state index contributed by atoms with van der Waals surface area (Å²) in [4.78, 5) is 16.3. The summed E-state index contributed by atoms with van der Waals surface area (Å²) in [6.07, 6.45) is 6.89. The number of rotatable bonds is 11. The SMILES string of the molecule is CCN(C)CCCN(C)S(=O)(=O)c1ccc(Nc2nccc(C3=CN(C)C(C)N3C3CCOCC3)n2)cc1. The molecule has 3 heterocycles. The van der Waals surface area contributed by atoms with Crippen LogP contribution in [0.15, 0.2) is 47.6 Å². The molecule has 38 heavy (non-hydrogen) atoms. The monoisotopic (exact) mass is 543 g/mol. The van der Waals surface area contributed by atoms with E-state index in [4.69, 9.17) is 9.72 Å². The number of nitrogens with zero attached hydrogens (tertiary/aromatic N) is 6. The minimum absolute atomic E-state index is 0.236. The molecule has 2 aromatic rings. The van der Waals surface area contributed by atoms with Crippen LogP contribution >= 0.6 is 0 Å². The molecule has 4 rings (SSSR count). The van der Waals surface area contributed by atoms with Crippen molar-refractivity contribution in [1.82, 2.24) is 29.0 Å². The summed E-state index contributed by atoms with van der Waals surface area (Å²) in [5.74, 6) is 0.463. The van der Waals surface area contributed by atoms with Crippen LogP contribution in [0.3, 0.4) is 0 Å². The van der Waals surface area contributed by atoms with E-state index in [1.165, 1.54) is 4.31 Å². The van der Waals surface area contributed by atoms with Crippen LogP contribution in [-0.4, -0.2) is 104 Å². The highest BCUT2D eigenvalue weighted by Gasteiger charge is 2.34. The van der Waals surface area contributed by atoms with Crippen LogP contribution in [0.4, 0.5) is 11.6 Å².